The number of aliphatic hydroxyl groups is 1. The van der Waals surface area contributed by atoms with E-state index in [1.54, 1.807) is 0 Å². The Morgan fingerprint density at radius 2 is 0.962 bits per heavy atom. The van der Waals surface area contributed by atoms with Crippen LogP contribution in [0.25, 0.3) is 0 Å². The molecule has 0 rings (SSSR count). The third-order valence-electron chi connectivity index (χ3n) is 1.40. The fraction of sp³-hybridized carbons (Fsp3) is 0.429. The summed E-state index contributed by atoms with van der Waals surface area (Å²) in [7, 11) is -5.90. The molecule has 2 unspecified atom stereocenters. The number of rotatable bonds is 6. The molecule has 0 aliphatic rings. The van der Waals surface area contributed by atoms with Gasteiger partial charge in [-0.25, -0.2) is 4.79 Å². The average Bonchev–Trinajstić information content (AvgIpc) is 2.25. The first-order chi connectivity index (χ1) is 10.2. The molecule has 0 saturated carbocycles. The number of carbonyl (C=O) groups is 4. The quantitative estimate of drug-likeness (QED) is 0.143. The molecule has 0 aliphatic heterocycles. The van der Waals surface area contributed by atoms with Crippen molar-refractivity contribution >= 4 is 44.3 Å². The summed E-state index contributed by atoms with van der Waals surface area (Å²) < 4.78 is 36.3. The van der Waals surface area contributed by atoms with Crippen molar-refractivity contribution in [2.24, 2.45) is 0 Å². The van der Waals surface area contributed by atoms with E-state index in [4.69, 9.17) is 53.0 Å². The van der Waals surface area contributed by atoms with Crippen LogP contribution in [0.3, 0.4) is 0 Å². The summed E-state index contributed by atoms with van der Waals surface area (Å²) in [6.07, 6.45) is -4.37. The Balaban J connectivity index is -0.0000000655. The van der Waals surface area contributed by atoms with E-state index < -0.39 is 62.7 Å². The molecular weight excluding hydrogens is 441 g/mol. The van der Waals surface area contributed by atoms with Crippen LogP contribution in [0.5, 0.6) is 0 Å². The van der Waals surface area contributed by atoms with Crippen LogP contribution in [0, 0.1) is 0 Å². The molecule has 0 amide bonds. The van der Waals surface area contributed by atoms with Gasteiger partial charge in [0.05, 0.1) is 12.8 Å². The van der Waals surface area contributed by atoms with Gasteiger partial charge in [-0.05, 0) is 0 Å². The number of aliphatic carboxylic acids is 3. The molecular formula is C7H9Na3O14S2. The van der Waals surface area contributed by atoms with Crippen molar-refractivity contribution in [1.29, 1.82) is 0 Å². The summed E-state index contributed by atoms with van der Waals surface area (Å²) >= 11 is 0. The second-order valence-corrected chi connectivity index (χ2v) is 5.60. The van der Waals surface area contributed by atoms with Crippen LogP contribution in [-0.2, 0) is 34.6 Å². The zero-order valence-corrected chi connectivity index (χ0v) is 21.3. The largest absolute Gasteiger partial charge is 1.00 e. The number of hydrogen-bond acceptors (Lipinski definition) is 10. The van der Waals surface area contributed by atoms with Crippen molar-refractivity contribution in [3.63, 3.8) is 0 Å². The molecule has 0 bridgehead atoms. The number of hydrogen-bond donors (Lipinski definition) is 5. The minimum Gasteiger partial charge on any atom is -0.763 e. The maximum absolute atomic E-state index is 10.3. The van der Waals surface area contributed by atoms with Crippen LogP contribution in [0.1, 0.15) is 12.8 Å². The first-order valence-electron chi connectivity index (χ1n) is 4.64. The van der Waals surface area contributed by atoms with Gasteiger partial charge in [0.2, 0.25) is 6.16 Å². The summed E-state index contributed by atoms with van der Waals surface area (Å²) in [5.74, 6) is -5.02. The van der Waals surface area contributed by atoms with Gasteiger partial charge in [-0.2, -0.15) is 0 Å². The van der Waals surface area contributed by atoms with Gasteiger partial charge in [-0.15, -0.1) is 0 Å². The van der Waals surface area contributed by atoms with Gasteiger partial charge in [0.15, 0.2) is 5.60 Å². The Hall–Kier alpha value is 0.860. The van der Waals surface area contributed by atoms with Crippen LogP contribution in [0.15, 0.2) is 0 Å². The zero-order chi connectivity index (χ0) is 19.4. The van der Waals surface area contributed by atoms with E-state index in [0.717, 1.165) is 0 Å². The maximum atomic E-state index is 10.3. The number of carboxylic acids is 3. The van der Waals surface area contributed by atoms with Crippen LogP contribution in [0.2, 0.25) is 0 Å². The van der Waals surface area contributed by atoms with Gasteiger partial charge >= 0.3 is 107 Å². The van der Waals surface area contributed by atoms with E-state index in [-0.39, 0.29) is 88.7 Å². The molecule has 136 valence electrons. The van der Waals surface area contributed by atoms with Crippen LogP contribution in [-0.4, -0.2) is 72.7 Å². The molecule has 19 heteroatoms. The monoisotopic (exact) mass is 450 g/mol. The first-order valence-corrected chi connectivity index (χ1v) is 7.30. The standard InChI is InChI=1S/C6H8O7.CH2O3.3Na.H2O4S2/c7-3(8)1-6(13,5(11)12)2-4(9)10;2-1(3)4;;;;1-5(2)6(3)4/h13H,1-2H2,(H,7,8)(H,9,10)(H,11,12);(H2,2,3,4);;;;(H,1,2)(H,3,4)/q;;3*+1;/p-3. The van der Waals surface area contributed by atoms with Crippen molar-refractivity contribution < 1.29 is 156 Å². The van der Waals surface area contributed by atoms with Gasteiger partial charge in [-0.3, -0.25) is 18.0 Å². The van der Waals surface area contributed by atoms with Crippen molar-refractivity contribution in [2.45, 2.75) is 18.4 Å². The topological polar surface area (TPSA) is 273 Å². The fourth-order valence-corrected chi connectivity index (χ4v) is 0.714. The summed E-state index contributed by atoms with van der Waals surface area (Å²) in [5.41, 5.74) is -2.74. The minimum absolute atomic E-state index is 0. The molecule has 0 saturated heterocycles. The predicted molar refractivity (Wildman–Crippen MR) is 63.0 cm³/mol. The summed E-state index contributed by atoms with van der Waals surface area (Å²) in [5, 5.41) is 49.1. The molecule has 5 N–H and O–H groups in total. The van der Waals surface area contributed by atoms with Crippen molar-refractivity contribution in [3.05, 3.63) is 0 Å². The van der Waals surface area contributed by atoms with E-state index in [1.807, 2.05) is 0 Å². The van der Waals surface area contributed by atoms with Gasteiger partial charge in [0.25, 0.3) is 0 Å². The minimum atomic E-state index is -2.95. The maximum Gasteiger partial charge on any atom is 1.00 e. The molecule has 0 aromatic carbocycles. The second-order valence-electron chi connectivity index (χ2n) is 3.15. The Morgan fingerprint density at radius 3 is 1.04 bits per heavy atom. The van der Waals surface area contributed by atoms with Crippen molar-refractivity contribution in [2.75, 3.05) is 0 Å². The number of carboxylic acid groups (broad SMARTS) is 5. The van der Waals surface area contributed by atoms with E-state index in [0.29, 0.717) is 0 Å². The van der Waals surface area contributed by atoms with Gasteiger partial charge in [0.1, 0.15) is 0 Å². The van der Waals surface area contributed by atoms with Gasteiger partial charge < -0.3 is 44.5 Å². The Morgan fingerprint density at radius 1 is 0.769 bits per heavy atom. The van der Waals surface area contributed by atoms with E-state index in [2.05, 4.69) is 0 Å². The van der Waals surface area contributed by atoms with Crippen LogP contribution >= 0.6 is 0 Å². The second kappa shape index (κ2) is 22.2. The zero-order valence-electron chi connectivity index (χ0n) is 13.6. The van der Waals surface area contributed by atoms with Gasteiger partial charge in [-0.1, -0.05) is 0 Å². The molecule has 0 aromatic rings. The van der Waals surface area contributed by atoms with E-state index in [9.17, 15) is 14.4 Å². The summed E-state index contributed by atoms with van der Waals surface area (Å²) in [6.45, 7) is 0. The normalized spacial score (nSPS) is 10.9. The Labute approximate surface area is 216 Å². The summed E-state index contributed by atoms with van der Waals surface area (Å²) in [6, 6.07) is 0. The van der Waals surface area contributed by atoms with Crippen molar-refractivity contribution in [1.82, 2.24) is 0 Å². The molecule has 14 nitrogen and oxygen atoms in total. The van der Waals surface area contributed by atoms with E-state index >= 15 is 0 Å². The Bertz CT molecular complexity index is 465. The molecule has 0 aromatic heterocycles. The first kappa shape index (κ1) is 41.3. The SMILES string of the molecule is O=C(O)CC(O)(CC(=O)O)C(=O)O.O=C([O-])O.O=S([O-])S(=O)[O-].[Na+].[Na+].[Na+]. The smallest absolute Gasteiger partial charge is 0.763 e. The molecule has 0 radical (unpaired) electrons. The van der Waals surface area contributed by atoms with Crippen molar-refractivity contribution in [3.8, 4) is 0 Å². The third-order valence-corrected chi connectivity index (χ3v) is 2.29. The molecule has 2 atom stereocenters. The fourth-order valence-electron chi connectivity index (χ4n) is 0.714. The summed E-state index contributed by atoms with van der Waals surface area (Å²) in [4.78, 5) is 38.9. The Kier molecular flexibility index (Phi) is 35.2. The third kappa shape index (κ3) is 32.5. The molecule has 0 spiro atoms. The molecule has 0 aliphatic carbocycles. The molecule has 0 heterocycles. The van der Waals surface area contributed by atoms with Crippen LogP contribution in [0.4, 0.5) is 4.79 Å². The molecule has 26 heavy (non-hydrogen) atoms. The van der Waals surface area contributed by atoms with E-state index in [1.165, 1.54) is 0 Å². The predicted octanol–water partition coefficient (Wildman–Crippen LogP) is -12.7. The molecule has 0 fully saturated rings. The van der Waals surface area contributed by atoms with Gasteiger partial charge in [0, 0.05) is 20.2 Å². The van der Waals surface area contributed by atoms with Crippen LogP contribution < -0.4 is 93.8 Å². The average molecular weight is 450 g/mol.